The number of aromatic nitrogens is 3. The van der Waals surface area contributed by atoms with Crippen LogP contribution in [0.1, 0.15) is 41.0 Å². The summed E-state index contributed by atoms with van der Waals surface area (Å²) in [5.74, 6) is 0. The first-order chi connectivity index (χ1) is 12.9. The summed E-state index contributed by atoms with van der Waals surface area (Å²) in [5, 5.41) is 0. The molecule has 0 saturated carbocycles. The monoisotopic (exact) mass is 354 g/mol. The molecule has 0 aliphatic carbocycles. The lowest BCUT2D eigenvalue weighted by molar-refractivity contribution is 0.932. The fraction of sp³-hybridized carbons (Fsp3) is 0.318. The van der Waals surface area contributed by atoms with Crippen LogP contribution in [0.5, 0.6) is 0 Å². The van der Waals surface area contributed by atoms with E-state index < -0.39 is 0 Å². The lowest BCUT2D eigenvalue weighted by Crippen LogP contribution is -1.93. The van der Waals surface area contributed by atoms with Gasteiger partial charge in [-0.25, -0.2) is 0 Å². The maximum Gasteiger partial charge on any atom is 0.0886 e. The molecule has 0 unspecified atom stereocenters. The highest BCUT2D eigenvalue weighted by Crippen LogP contribution is 2.10. The molecule has 0 saturated heterocycles. The van der Waals surface area contributed by atoms with Crippen LogP contribution in [0.15, 0.2) is 79.4 Å². The third-order valence-corrected chi connectivity index (χ3v) is 2.45. The average molecular weight is 355 g/mol. The second-order valence-electron chi connectivity index (χ2n) is 4.24. The molecular weight excluding hydrogens is 320 g/mol. The topological polar surface area (TPSA) is 64.7 Å². The van der Waals surface area contributed by atoms with Gasteiger partial charge in [0.25, 0.3) is 0 Å². The molecule has 0 aromatic carbocycles. The Morgan fingerprint density at radius 1 is 0.654 bits per heavy atom. The molecule has 2 N–H and O–H groups in total. The van der Waals surface area contributed by atoms with Gasteiger partial charge in [-0.05, 0) is 49.4 Å². The second-order valence-corrected chi connectivity index (χ2v) is 4.24. The van der Waals surface area contributed by atoms with Crippen LogP contribution in [0, 0.1) is 0 Å². The van der Waals surface area contributed by atoms with Crippen molar-refractivity contribution in [1.82, 2.24) is 15.0 Å². The number of nitrogens with zero attached hydrogens (tertiary/aromatic N) is 3. The highest BCUT2D eigenvalue weighted by molar-refractivity contribution is 5.52. The third kappa shape index (κ3) is 15.0. The lowest BCUT2D eigenvalue weighted by atomic mass is 10.2. The van der Waals surface area contributed by atoms with E-state index in [2.05, 4.69) is 21.9 Å². The molecule has 0 spiro atoms. The summed E-state index contributed by atoms with van der Waals surface area (Å²) in [4.78, 5) is 12.2. The summed E-state index contributed by atoms with van der Waals surface area (Å²) in [7, 11) is 0. The molecule has 0 aliphatic heterocycles. The van der Waals surface area contributed by atoms with E-state index in [0.29, 0.717) is 0 Å². The number of pyridine rings is 3. The minimum absolute atomic E-state index is 0.819. The molecule has 0 aliphatic rings. The molecule has 0 amide bonds. The standard InChI is InChI=1S/C10H8N2.C5H5N.C3H9N.2C2H6/c1-3-7-11-9(5-1)10-6-2-4-8-12-10;1-2-4-6-5-3-1;1-2-3-4;2*1-2/h1-8H;1-5H;2-4H2,1H3;2*1-2H3. The minimum atomic E-state index is 0.819. The van der Waals surface area contributed by atoms with Crippen molar-refractivity contribution in [3.63, 3.8) is 0 Å². The maximum atomic E-state index is 5.03. The van der Waals surface area contributed by atoms with E-state index in [1.807, 2.05) is 82.3 Å². The van der Waals surface area contributed by atoms with E-state index in [4.69, 9.17) is 5.73 Å². The molecule has 0 atom stereocenters. The van der Waals surface area contributed by atoms with Crippen LogP contribution in [0.3, 0.4) is 0 Å². The van der Waals surface area contributed by atoms with Crippen LogP contribution in [0.4, 0.5) is 0 Å². The van der Waals surface area contributed by atoms with Gasteiger partial charge in [0.1, 0.15) is 0 Å². The molecule has 142 valence electrons. The van der Waals surface area contributed by atoms with Crippen molar-refractivity contribution in [1.29, 1.82) is 0 Å². The average Bonchev–Trinajstić information content (AvgIpc) is 2.79. The van der Waals surface area contributed by atoms with E-state index in [-0.39, 0.29) is 0 Å². The van der Waals surface area contributed by atoms with Gasteiger partial charge in [0.15, 0.2) is 0 Å². The van der Waals surface area contributed by atoms with Crippen LogP contribution < -0.4 is 5.73 Å². The lowest BCUT2D eigenvalue weighted by Gasteiger charge is -1.96. The van der Waals surface area contributed by atoms with E-state index in [1.54, 1.807) is 24.8 Å². The predicted octanol–water partition coefficient (Wildman–Crippen LogP) is 5.63. The second kappa shape index (κ2) is 22.4. The first-order valence-electron chi connectivity index (χ1n) is 9.26. The zero-order valence-electron chi connectivity index (χ0n) is 16.8. The van der Waals surface area contributed by atoms with E-state index >= 15 is 0 Å². The predicted molar refractivity (Wildman–Crippen MR) is 114 cm³/mol. The zero-order chi connectivity index (χ0) is 19.9. The van der Waals surface area contributed by atoms with Crippen molar-refractivity contribution in [2.45, 2.75) is 41.0 Å². The van der Waals surface area contributed by atoms with Gasteiger partial charge in [0.05, 0.1) is 11.4 Å². The highest BCUT2D eigenvalue weighted by Gasteiger charge is 1.95. The minimum Gasteiger partial charge on any atom is -0.330 e. The van der Waals surface area contributed by atoms with E-state index in [9.17, 15) is 0 Å². The Morgan fingerprint density at radius 3 is 1.23 bits per heavy atom. The molecule has 3 rings (SSSR count). The van der Waals surface area contributed by atoms with Crippen molar-refractivity contribution in [2.75, 3.05) is 6.54 Å². The summed E-state index contributed by atoms with van der Waals surface area (Å²) >= 11 is 0. The number of nitrogens with two attached hydrogens (primary N) is 1. The van der Waals surface area contributed by atoms with E-state index in [0.717, 1.165) is 24.4 Å². The van der Waals surface area contributed by atoms with Crippen LogP contribution in [-0.2, 0) is 0 Å². The summed E-state index contributed by atoms with van der Waals surface area (Å²) < 4.78 is 0. The van der Waals surface area contributed by atoms with Gasteiger partial charge in [-0.1, -0.05) is 52.8 Å². The first kappa shape index (κ1) is 25.6. The number of rotatable bonds is 2. The van der Waals surface area contributed by atoms with Gasteiger partial charge in [-0.3, -0.25) is 15.0 Å². The summed E-state index contributed by atoms with van der Waals surface area (Å²) in [6.45, 7) is 10.9. The zero-order valence-corrected chi connectivity index (χ0v) is 16.8. The van der Waals surface area contributed by atoms with Gasteiger partial charge in [-0.2, -0.15) is 0 Å². The molecule has 0 fully saturated rings. The first-order valence-corrected chi connectivity index (χ1v) is 9.26. The molecule has 0 bridgehead atoms. The van der Waals surface area contributed by atoms with Gasteiger partial charge in [-0.15, -0.1) is 0 Å². The van der Waals surface area contributed by atoms with Crippen molar-refractivity contribution in [2.24, 2.45) is 5.73 Å². The molecule has 0 radical (unpaired) electrons. The van der Waals surface area contributed by atoms with Crippen LogP contribution >= 0.6 is 0 Å². The Labute approximate surface area is 159 Å². The molecule has 4 nitrogen and oxygen atoms in total. The summed E-state index contributed by atoms with van der Waals surface area (Å²) in [5.41, 5.74) is 6.86. The Bertz CT molecular complexity index is 506. The SMILES string of the molecule is CC.CC.CCCN.c1ccc(-c2ccccn2)nc1.c1ccncc1. The Hall–Kier alpha value is -2.59. The van der Waals surface area contributed by atoms with Crippen molar-refractivity contribution in [3.05, 3.63) is 79.4 Å². The fourth-order valence-electron chi connectivity index (χ4n) is 1.34. The summed E-state index contributed by atoms with van der Waals surface area (Å²) in [6, 6.07) is 17.3. The Kier molecular flexibility index (Phi) is 22.1. The van der Waals surface area contributed by atoms with Crippen LogP contribution in [0.2, 0.25) is 0 Å². The van der Waals surface area contributed by atoms with Gasteiger partial charge in [0, 0.05) is 24.8 Å². The Balaban J connectivity index is 0. The van der Waals surface area contributed by atoms with E-state index in [1.165, 1.54) is 0 Å². The normalized spacial score (nSPS) is 7.92. The van der Waals surface area contributed by atoms with Crippen LogP contribution in [0.25, 0.3) is 11.4 Å². The molecule has 3 heterocycles. The Morgan fingerprint density at radius 2 is 1.04 bits per heavy atom. The van der Waals surface area contributed by atoms with Crippen molar-refractivity contribution >= 4 is 0 Å². The fourth-order valence-corrected chi connectivity index (χ4v) is 1.34. The van der Waals surface area contributed by atoms with Crippen molar-refractivity contribution < 1.29 is 0 Å². The quantitative estimate of drug-likeness (QED) is 0.647. The smallest absolute Gasteiger partial charge is 0.0886 e. The van der Waals surface area contributed by atoms with Gasteiger partial charge < -0.3 is 5.73 Å². The third-order valence-electron chi connectivity index (χ3n) is 2.45. The summed E-state index contributed by atoms with van der Waals surface area (Å²) in [6.07, 6.45) is 8.13. The van der Waals surface area contributed by atoms with Crippen molar-refractivity contribution in [3.8, 4) is 11.4 Å². The van der Waals surface area contributed by atoms with Crippen LogP contribution in [-0.4, -0.2) is 21.5 Å². The molecule has 3 aromatic rings. The molecular formula is C22H34N4. The molecule has 26 heavy (non-hydrogen) atoms. The number of hydrogen-bond donors (Lipinski definition) is 1. The highest BCUT2D eigenvalue weighted by atomic mass is 14.7. The van der Waals surface area contributed by atoms with Gasteiger partial charge >= 0.3 is 0 Å². The maximum absolute atomic E-state index is 5.03. The largest absolute Gasteiger partial charge is 0.330 e. The molecule has 4 heteroatoms. The number of hydrogen-bond acceptors (Lipinski definition) is 4. The molecule has 3 aromatic heterocycles. The van der Waals surface area contributed by atoms with Gasteiger partial charge in [0.2, 0.25) is 0 Å².